The summed E-state index contributed by atoms with van der Waals surface area (Å²) in [5.41, 5.74) is 0. The van der Waals surface area contributed by atoms with Gasteiger partial charge in [0.1, 0.15) is 12.9 Å². The molecule has 5 nitrogen and oxygen atoms in total. The van der Waals surface area contributed by atoms with E-state index in [2.05, 4.69) is 0 Å². The Morgan fingerprint density at radius 1 is 0.933 bits per heavy atom. The molecular formula is C10H22O5. The van der Waals surface area contributed by atoms with Gasteiger partial charge in [0.2, 0.25) is 0 Å². The molecule has 0 bridgehead atoms. The van der Waals surface area contributed by atoms with E-state index in [4.69, 9.17) is 23.7 Å². The van der Waals surface area contributed by atoms with E-state index in [1.54, 1.807) is 14.2 Å². The average molecular weight is 222 g/mol. The van der Waals surface area contributed by atoms with Crippen molar-refractivity contribution in [3.05, 3.63) is 0 Å². The fourth-order valence-electron chi connectivity index (χ4n) is 0.904. The van der Waals surface area contributed by atoms with Crippen molar-refractivity contribution in [3.63, 3.8) is 0 Å². The van der Waals surface area contributed by atoms with Crippen molar-refractivity contribution in [2.24, 2.45) is 0 Å². The third-order valence-electron chi connectivity index (χ3n) is 1.73. The molecule has 15 heavy (non-hydrogen) atoms. The van der Waals surface area contributed by atoms with E-state index >= 15 is 0 Å². The molecule has 0 fully saturated rings. The molecular weight excluding hydrogens is 200 g/mol. The molecule has 0 saturated carbocycles. The second-order valence-electron chi connectivity index (χ2n) is 2.91. The van der Waals surface area contributed by atoms with Crippen molar-refractivity contribution < 1.29 is 23.7 Å². The van der Waals surface area contributed by atoms with Gasteiger partial charge in [0, 0.05) is 20.8 Å². The third kappa shape index (κ3) is 10.1. The highest BCUT2D eigenvalue weighted by Gasteiger charge is 2.05. The molecule has 0 aliphatic rings. The van der Waals surface area contributed by atoms with Crippen LogP contribution in [0.25, 0.3) is 0 Å². The number of methoxy groups -OCH3 is 2. The molecule has 0 radical (unpaired) electrons. The Morgan fingerprint density at radius 2 is 1.67 bits per heavy atom. The van der Waals surface area contributed by atoms with Crippen LogP contribution in [-0.4, -0.2) is 60.2 Å². The third-order valence-corrected chi connectivity index (χ3v) is 1.73. The first-order chi connectivity index (χ1) is 7.35. The Kier molecular flexibility index (Phi) is 11.7. The summed E-state index contributed by atoms with van der Waals surface area (Å²) in [5.74, 6) is 0. The molecule has 0 aliphatic heterocycles. The summed E-state index contributed by atoms with van der Waals surface area (Å²) in [7, 11) is 3.27. The molecule has 0 heterocycles. The Hall–Kier alpha value is -0.200. The normalized spacial score (nSPS) is 13.0. The van der Waals surface area contributed by atoms with E-state index in [1.165, 1.54) is 0 Å². The van der Waals surface area contributed by atoms with Crippen molar-refractivity contribution in [1.29, 1.82) is 0 Å². The summed E-state index contributed by atoms with van der Waals surface area (Å²) in [4.78, 5) is 0. The molecule has 0 rings (SSSR count). The highest BCUT2D eigenvalue weighted by Crippen LogP contribution is 1.92. The van der Waals surface area contributed by atoms with Gasteiger partial charge < -0.3 is 23.7 Å². The highest BCUT2D eigenvalue weighted by atomic mass is 16.7. The first-order valence-electron chi connectivity index (χ1n) is 5.10. The van der Waals surface area contributed by atoms with Crippen LogP contribution in [0.4, 0.5) is 0 Å². The minimum Gasteiger partial charge on any atom is -0.382 e. The largest absolute Gasteiger partial charge is 0.382 e. The predicted molar refractivity (Wildman–Crippen MR) is 55.9 cm³/mol. The SMILES string of the molecule is CCOCOCCOCC(COC)OC. The molecule has 0 N–H and O–H groups in total. The van der Waals surface area contributed by atoms with Gasteiger partial charge in [-0.2, -0.15) is 0 Å². The minimum absolute atomic E-state index is 0.0121. The lowest BCUT2D eigenvalue weighted by Gasteiger charge is -2.14. The second kappa shape index (κ2) is 11.9. The van der Waals surface area contributed by atoms with Crippen LogP contribution < -0.4 is 0 Å². The van der Waals surface area contributed by atoms with E-state index in [-0.39, 0.29) is 6.10 Å². The molecule has 0 saturated heterocycles. The number of hydrogen-bond acceptors (Lipinski definition) is 5. The highest BCUT2D eigenvalue weighted by molar-refractivity contribution is 4.52. The molecule has 1 unspecified atom stereocenters. The van der Waals surface area contributed by atoms with E-state index in [9.17, 15) is 0 Å². The van der Waals surface area contributed by atoms with Gasteiger partial charge in [-0.05, 0) is 6.92 Å². The zero-order valence-electron chi connectivity index (χ0n) is 9.86. The van der Waals surface area contributed by atoms with Crippen molar-refractivity contribution in [1.82, 2.24) is 0 Å². The van der Waals surface area contributed by atoms with Crippen LogP contribution in [-0.2, 0) is 23.7 Å². The molecule has 0 aliphatic carbocycles. The van der Waals surface area contributed by atoms with Gasteiger partial charge in [0.05, 0.1) is 26.4 Å². The van der Waals surface area contributed by atoms with E-state index in [0.717, 1.165) is 0 Å². The number of ether oxygens (including phenoxy) is 5. The molecule has 0 spiro atoms. The Labute approximate surface area is 91.6 Å². The van der Waals surface area contributed by atoms with Gasteiger partial charge in [-0.1, -0.05) is 0 Å². The summed E-state index contributed by atoms with van der Waals surface area (Å²) < 4.78 is 25.5. The maximum absolute atomic E-state index is 5.33. The average Bonchev–Trinajstić information content (AvgIpc) is 2.26. The number of rotatable bonds is 11. The zero-order valence-corrected chi connectivity index (χ0v) is 9.86. The topological polar surface area (TPSA) is 46.2 Å². The van der Waals surface area contributed by atoms with Crippen LogP contribution in [0, 0.1) is 0 Å². The summed E-state index contributed by atoms with van der Waals surface area (Å²) in [6.07, 6.45) is -0.0121. The molecule has 0 aromatic rings. The van der Waals surface area contributed by atoms with Crippen LogP contribution >= 0.6 is 0 Å². The Morgan fingerprint density at radius 3 is 2.27 bits per heavy atom. The van der Waals surface area contributed by atoms with Crippen molar-refractivity contribution in [3.8, 4) is 0 Å². The summed E-state index contributed by atoms with van der Waals surface area (Å²) in [6.45, 7) is 5.04. The van der Waals surface area contributed by atoms with Crippen LogP contribution in [0.1, 0.15) is 6.92 Å². The molecule has 0 aromatic carbocycles. The van der Waals surface area contributed by atoms with E-state index in [1.807, 2.05) is 6.92 Å². The van der Waals surface area contributed by atoms with Crippen LogP contribution in [0.5, 0.6) is 0 Å². The van der Waals surface area contributed by atoms with Gasteiger partial charge in [-0.25, -0.2) is 0 Å². The minimum atomic E-state index is -0.0121. The molecule has 0 amide bonds. The lowest BCUT2D eigenvalue weighted by molar-refractivity contribution is -0.0793. The summed E-state index contributed by atoms with van der Waals surface area (Å²) in [6, 6.07) is 0. The quantitative estimate of drug-likeness (QED) is 0.380. The molecule has 5 heteroatoms. The summed E-state index contributed by atoms with van der Waals surface area (Å²) >= 11 is 0. The lowest BCUT2D eigenvalue weighted by atomic mass is 10.4. The second-order valence-corrected chi connectivity index (χ2v) is 2.91. The fraction of sp³-hybridized carbons (Fsp3) is 1.00. The van der Waals surface area contributed by atoms with Gasteiger partial charge in [-0.15, -0.1) is 0 Å². The van der Waals surface area contributed by atoms with Gasteiger partial charge in [0.25, 0.3) is 0 Å². The molecule has 92 valence electrons. The maximum Gasteiger partial charge on any atom is 0.146 e. The number of hydrogen-bond donors (Lipinski definition) is 0. The van der Waals surface area contributed by atoms with Gasteiger partial charge >= 0.3 is 0 Å². The standard InChI is InChI=1S/C10H22O5/c1-4-13-9-15-6-5-14-8-10(12-3)7-11-2/h10H,4-9H2,1-3H3. The van der Waals surface area contributed by atoms with Crippen molar-refractivity contribution in [2.45, 2.75) is 13.0 Å². The first-order valence-corrected chi connectivity index (χ1v) is 5.10. The van der Waals surface area contributed by atoms with Crippen LogP contribution in [0.15, 0.2) is 0 Å². The smallest absolute Gasteiger partial charge is 0.146 e. The Balaban J connectivity index is 3.14. The van der Waals surface area contributed by atoms with Crippen LogP contribution in [0.3, 0.4) is 0 Å². The van der Waals surface area contributed by atoms with Crippen LogP contribution in [0.2, 0.25) is 0 Å². The van der Waals surface area contributed by atoms with Crippen molar-refractivity contribution >= 4 is 0 Å². The van der Waals surface area contributed by atoms with E-state index < -0.39 is 0 Å². The Bertz CT molecular complexity index is 120. The van der Waals surface area contributed by atoms with E-state index in [0.29, 0.717) is 39.8 Å². The summed E-state index contributed by atoms with van der Waals surface area (Å²) in [5, 5.41) is 0. The predicted octanol–water partition coefficient (Wildman–Crippen LogP) is 0.675. The fourth-order valence-corrected chi connectivity index (χ4v) is 0.904. The van der Waals surface area contributed by atoms with Crippen molar-refractivity contribution in [2.75, 3.05) is 54.0 Å². The first kappa shape index (κ1) is 14.8. The molecule has 1 atom stereocenters. The van der Waals surface area contributed by atoms with Gasteiger partial charge in [-0.3, -0.25) is 0 Å². The molecule has 0 aromatic heterocycles. The maximum atomic E-state index is 5.33. The monoisotopic (exact) mass is 222 g/mol. The van der Waals surface area contributed by atoms with Gasteiger partial charge in [0.15, 0.2) is 0 Å². The zero-order chi connectivity index (χ0) is 11.4. The lowest BCUT2D eigenvalue weighted by Crippen LogP contribution is -2.24.